The van der Waals surface area contributed by atoms with Crippen molar-refractivity contribution in [3.63, 3.8) is 0 Å². The summed E-state index contributed by atoms with van der Waals surface area (Å²) in [6.07, 6.45) is 3.09. The molecule has 3 aromatic rings. The van der Waals surface area contributed by atoms with Gasteiger partial charge in [0, 0.05) is 35.1 Å². The Hall–Kier alpha value is -2.23. The summed E-state index contributed by atoms with van der Waals surface area (Å²) >= 11 is 1.86. The summed E-state index contributed by atoms with van der Waals surface area (Å²) in [6, 6.07) is 15.4. The summed E-state index contributed by atoms with van der Waals surface area (Å²) in [4.78, 5) is 9.86. The van der Waals surface area contributed by atoms with Gasteiger partial charge in [-0.25, -0.2) is 0 Å². The maximum Gasteiger partial charge on any atom is 0.0547 e. The molecule has 0 bridgehead atoms. The molecule has 132 valence electrons. The van der Waals surface area contributed by atoms with Gasteiger partial charge in [0.25, 0.3) is 0 Å². The molecule has 0 N–H and O–H groups in total. The van der Waals surface area contributed by atoms with Crippen LogP contribution in [0.2, 0.25) is 0 Å². The van der Waals surface area contributed by atoms with E-state index in [0.717, 1.165) is 37.4 Å². The SMILES string of the molecule is C=Cc1cc(-c2ccc(C)s2)cc2c1CCN(Cc1cccc(C)n1)C2. The van der Waals surface area contributed by atoms with Crippen molar-refractivity contribution in [2.75, 3.05) is 6.54 Å². The molecule has 0 atom stereocenters. The summed E-state index contributed by atoms with van der Waals surface area (Å²) in [7, 11) is 0. The highest BCUT2D eigenvalue weighted by molar-refractivity contribution is 7.15. The Bertz CT molecular complexity index is 955. The molecule has 0 saturated heterocycles. The van der Waals surface area contributed by atoms with Gasteiger partial charge in [-0.2, -0.15) is 0 Å². The van der Waals surface area contributed by atoms with E-state index in [2.05, 4.69) is 72.8 Å². The Balaban J connectivity index is 1.63. The van der Waals surface area contributed by atoms with Gasteiger partial charge >= 0.3 is 0 Å². The van der Waals surface area contributed by atoms with Crippen LogP contribution in [0.4, 0.5) is 0 Å². The van der Waals surface area contributed by atoms with E-state index in [9.17, 15) is 0 Å². The van der Waals surface area contributed by atoms with Gasteiger partial charge in [0.05, 0.1) is 5.69 Å². The van der Waals surface area contributed by atoms with Gasteiger partial charge in [-0.05, 0) is 78.9 Å². The number of benzene rings is 1. The van der Waals surface area contributed by atoms with Crippen molar-refractivity contribution in [2.24, 2.45) is 0 Å². The zero-order valence-corrected chi connectivity index (χ0v) is 16.3. The van der Waals surface area contributed by atoms with E-state index < -0.39 is 0 Å². The van der Waals surface area contributed by atoms with Gasteiger partial charge in [0.1, 0.15) is 0 Å². The maximum absolute atomic E-state index is 4.67. The fraction of sp³-hybridized carbons (Fsp3) is 0.261. The lowest BCUT2D eigenvalue weighted by molar-refractivity contribution is 0.242. The fourth-order valence-electron chi connectivity index (χ4n) is 3.76. The first-order valence-corrected chi connectivity index (χ1v) is 9.94. The Kier molecular flexibility index (Phi) is 4.75. The number of nitrogens with zero attached hydrogens (tertiary/aromatic N) is 2. The number of pyridine rings is 1. The Labute approximate surface area is 159 Å². The lowest BCUT2D eigenvalue weighted by Gasteiger charge is -2.30. The van der Waals surface area contributed by atoms with E-state index in [1.54, 1.807) is 0 Å². The van der Waals surface area contributed by atoms with Gasteiger partial charge in [-0.1, -0.05) is 18.7 Å². The molecule has 0 radical (unpaired) electrons. The van der Waals surface area contributed by atoms with Crippen LogP contribution in [0.1, 0.15) is 33.0 Å². The average molecular weight is 361 g/mol. The van der Waals surface area contributed by atoms with Crippen LogP contribution in [0.5, 0.6) is 0 Å². The van der Waals surface area contributed by atoms with Crippen LogP contribution in [0.15, 0.2) is 49.0 Å². The Morgan fingerprint density at radius 2 is 2.08 bits per heavy atom. The van der Waals surface area contributed by atoms with Gasteiger partial charge in [-0.3, -0.25) is 9.88 Å². The summed E-state index contributed by atoms with van der Waals surface area (Å²) in [5.74, 6) is 0. The number of hydrogen-bond donors (Lipinski definition) is 0. The van der Waals surface area contributed by atoms with E-state index in [1.807, 2.05) is 17.4 Å². The van der Waals surface area contributed by atoms with E-state index in [4.69, 9.17) is 0 Å². The summed E-state index contributed by atoms with van der Waals surface area (Å²) < 4.78 is 0. The largest absolute Gasteiger partial charge is 0.293 e. The average Bonchev–Trinajstić information content (AvgIpc) is 3.07. The van der Waals surface area contributed by atoms with Crippen molar-refractivity contribution in [1.82, 2.24) is 9.88 Å². The molecule has 0 aliphatic carbocycles. The minimum absolute atomic E-state index is 0.910. The number of aryl methyl sites for hydroxylation is 2. The summed E-state index contributed by atoms with van der Waals surface area (Å²) in [5, 5.41) is 0. The molecule has 1 aromatic carbocycles. The normalized spacial score (nSPS) is 14.2. The van der Waals surface area contributed by atoms with Crippen LogP contribution in [0.3, 0.4) is 0 Å². The molecular weight excluding hydrogens is 336 g/mol. The Morgan fingerprint density at radius 1 is 1.19 bits per heavy atom. The van der Waals surface area contributed by atoms with Crippen LogP contribution in [-0.4, -0.2) is 16.4 Å². The van der Waals surface area contributed by atoms with E-state index in [0.29, 0.717) is 0 Å². The van der Waals surface area contributed by atoms with Gasteiger partial charge < -0.3 is 0 Å². The van der Waals surface area contributed by atoms with Gasteiger partial charge in [-0.15, -0.1) is 11.3 Å². The van der Waals surface area contributed by atoms with Crippen molar-refractivity contribution >= 4 is 17.4 Å². The van der Waals surface area contributed by atoms with Crippen molar-refractivity contribution < 1.29 is 0 Å². The van der Waals surface area contributed by atoms with Crippen LogP contribution in [-0.2, 0) is 19.5 Å². The molecule has 0 fully saturated rings. The molecule has 0 saturated carbocycles. The highest BCUT2D eigenvalue weighted by atomic mass is 32.1. The lowest BCUT2D eigenvalue weighted by Crippen LogP contribution is -2.30. The molecule has 4 rings (SSSR count). The number of aromatic nitrogens is 1. The zero-order chi connectivity index (χ0) is 18.1. The predicted octanol–water partition coefficient (Wildman–Crippen LogP) is 5.63. The van der Waals surface area contributed by atoms with E-state index >= 15 is 0 Å². The van der Waals surface area contributed by atoms with Crippen LogP contribution in [0, 0.1) is 13.8 Å². The minimum Gasteiger partial charge on any atom is -0.293 e. The molecule has 2 nitrogen and oxygen atoms in total. The van der Waals surface area contributed by atoms with E-state index in [1.165, 1.54) is 32.0 Å². The quantitative estimate of drug-likeness (QED) is 0.599. The second-order valence-corrected chi connectivity index (χ2v) is 8.34. The molecule has 0 spiro atoms. The van der Waals surface area contributed by atoms with Gasteiger partial charge in [0.2, 0.25) is 0 Å². The van der Waals surface area contributed by atoms with Crippen molar-refractivity contribution in [3.05, 3.63) is 82.0 Å². The second-order valence-electron chi connectivity index (χ2n) is 7.05. The van der Waals surface area contributed by atoms with Crippen LogP contribution in [0.25, 0.3) is 16.5 Å². The molecule has 26 heavy (non-hydrogen) atoms. The summed E-state index contributed by atoms with van der Waals surface area (Å²) in [5.41, 5.74) is 7.74. The third-order valence-electron chi connectivity index (χ3n) is 5.03. The van der Waals surface area contributed by atoms with Crippen LogP contribution < -0.4 is 0 Å². The first-order valence-electron chi connectivity index (χ1n) is 9.12. The van der Waals surface area contributed by atoms with Crippen molar-refractivity contribution in [1.29, 1.82) is 0 Å². The third-order valence-corrected chi connectivity index (χ3v) is 6.07. The number of thiophene rings is 1. The molecule has 3 heteroatoms. The highest BCUT2D eigenvalue weighted by Crippen LogP contribution is 2.33. The van der Waals surface area contributed by atoms with Gasteiger partial charge in [0.15, 0.2) is 0 Å². The van der Waals surface area contributed by atoms with Crippen molar-refractivity contribution in [2.45, 2.75) is 33.4 Å². The van der Waals surface area contributed by atoms with E-state index in [-0.39, 0.29) is 0 Å². The molecule has 0 amide bonds. The molecule has 1 aliphatic heterocycles. The van der Waals surface area contributed by atoms with Crippen molar-refractivity contribution in [3.8, 4) is 10.4 Å². The maximum atomic E-state index is 4.67. The third kappa shape index (κ3) is 3.50. The zero-order valence-electron chi connectivity index (χ0n) is 15.5. The first kappa shape index (κ1) is 17.2. The standard InChI is InChI=1S/C23H24N2S/c1-4-18-12-19(23-9-8-17(3)26-23)13-20-14-25(11-10-22(18)20)15-21-7-5-6-16(2)24-21/h4-9,12-13H,1,10-11,14-15H2,2-3H3. The molecular formula is C23H24N2S. The monoisotopic (exact) mass is 360 g/mol. The topological polar surface area (TPSA) is 16.1 Å². The molecule has 1 aliphatic rings. The second kappa shape index (κ2) is 7.18. The molecule has 0 unspecified atom stereocenters. The lowest BCUT2D eigenvalue weighted by atomic mass is 9.91. The summed E-state index contributed by atoms with van der Waals surface area (Å²) in [6.45, 7) is 11.2. The van der Waals surface area contributed by atoms with Crippen LogP contribution >= 0.6 is 11.3 Å². The number of fused-ring (bicyclic) bond motifs is 1. The number of hydrogen-bond acceptors (Lipinski definition) is 3. The number of rotatable bonds is 4. The Morgan fingerprint density at radius 3 is 2.81 bits per heavy atom. The molecule has 3 heterocycles. The molecule has 2 aromatic heterocycles. The fourth-order valence-corrected chi connectivity index (χ4v) is 4.61. The smallest absolute Gasteiger partial charge is 0.0547 e. The predicted molar refractivity (Wildman–Crippen MR) is 111 cm³/mol. The highest BCUT2D eigenvalue weighted by Gasteiger charge is 2.20. The minimum atomic E-state index is 0.910. The first-order chi connectivity index (χ1) is 12.6.